The number of imidazole rings is 1. The first-order chi connectivity index (χ1) is 19.9. The summed E-state index contributed by atoms with van der Waals surface area (Å²) in [4.78, 5) is 33.1. The number of rotatable bonds is 5. The summed E-state index contributed by atoms with van der Waals surface area (Å²) in [7, 11) is 3.28. The van der Waals surface area contributed by atoms with E-state index in [0.717, 1.165) is 54.8 Å². The van der Waals surface area contributed by atoms with Crippen molar-refractivity contribution in [3.63, 3.8) is 0 Å². The number of fused-ring (bicyclic) bond motifs is 4. The first kappa shape index (κ1) is 27.9. The zero-order chi connectivity index (χ0) is 28.8. The Labute approximate surface area is 242 Å². The average molecular weight is 574 g/mol. The highest BCUT2D eigenvalue weighted by atomic mass is 35.5. The molecule has 1 aliphatic heterocycles. The van der Waals surface area contributed by atoms with E-state index in [9.17, 15) is 9.59 Å². The Hall–Kier alpha value is -4.65. The number of nitrogens with one attached hydrogen (secondary N) is 4. The largest absolute Gasteiger partial charge is 0.453 e. The Kier molecular flexibility index (Phi) is 8.63. The highest BCUT2D eigenvalue weighted by molar-refractivity contribution is 6.34. The lowest BCUT2D eigenvalue weighted by Gasteiger charge is -2.17. The summed E-state index contributed by atoms with van der Waals surface area (Å²) in [6.45, 7) is 0.758. The van der Waals surface area contributed by atoms with E-state index in [1.54, 1.807) is 30.3 Å². The van der Waals surface area contributed by atoms with Crippen LogP contribution in [0, 0.1) is 0 Å². The molecule has 0 radical (unpaired) electrons. The molecule has 2 aromatic carbocycles. The van der Waals surface area contributed by atoms with Gasteiger partial charge in [0, 0.05) is 40.1 Å². The Morgan fingerprint density at radius 3 is 2.88 bits per heavy atom. The van der Waals surface area contributed by atoms with Gasteiger partial charge in [-0.05, 0) is 71.3 Å². The number of nitrogens with zero attached hydrogens (tertiary/aromatic N) is 5. The third-order valence-electron chi connectivity index (χ3n) is 6.74. The standard InChI is InChI=1S/C27H29BClN9O3/c1-41-27(40)32-18-8-9-19-21(14-18)30-12-4-2-3-5-20(26-34-24(19)25(28)35-26)33-23(39)11-6-16-13-17(29)7-10-22(16)38-15-31-36-37-38/h6-11,13-15,20,30H,2-5,12,28H2,1H3,(H,32,40)(H,33,39)(H,34,35)/b11-6+/t20-/m0/s1. The van der Waals surface area contributed by atoms with Crippen molar-refractivity contribution in [2.24, 2.45) is 0 Å². The van der Waals surface area contributed by atoms with Gasteiger partial charge in [-0.15, -0.1) is 5.10 Å². The van der Waals surface area contributed by atoms with E-state index in [1.165, 1.54) is 24.2 Å². The summed E-state index contributed by atoms with van der Waals surface area (Å²) < 4.78 is 6.23. The Bertz CT molecular complexity index is 1570. The molecule has 210 valence electrons. The van der Waals surface area contributed by atoms with Crippen LogP contribution in [0.1, 0.15) is 43.1 Å². The fourth-order valence-electron chi connectivity index (χ4n) is 4.73. The van der Waals surface area contributed by atoms with Gasteiger partial charge in [0.05, 0.1) is 24.5 Å². The summed E-state index contributed by atoms with van der Waals surface area (Å²) in [5, 5.41) is 21.1. The van der Waals surface area contributed by atoms with E-state index in [1.807, 2.05) is 20.0 Å². The molecule has 0 fully saturated rings. The fraction of sp³-hybridized carbons (Fsp3) is 0.259. The molecule has 1 aliphatic rings. The predicted molar refractivity (Wildman–Crippen MR) is 159 cm³/mol. The molecule has 12 nitrogen and oxygen atoms in total. The van der Waals surface area contributed by atoms with E-state index < -0.39 is 6.09 Å². The van der Waals surface area contributed by atoms with Gasteiger partial charge in [-0.1, -0.05) is 24.4 Å². The molecular weight excluding hydrogens is 545 g/mol. The van der Waals surface area contributed by atoms with Crippen LogP contribution in [0.3, 0.4) is 0 Å². The van der Waals surface area contributed by atoms with Crippen molar-refractivity contribution >= 4 is 54.5 Å². The molecule has 4 aromatic rings. The van der Waals surface area contributed by atoms with Crippen molar-refractivity contribution in [2.75, 3.05) is 24.3 Å². The minimum atomic E-state index is -0.536. The summed E-state index contributed by atoms with van der Waals surface area (Å²) in [5.41, 5.74) is 5.38. The zero-order valence-electron chi connectivity index (χ0n) is 22.6. The lowest BCUT2D eigenvalue weighted by atomic mass is 9.96. The van der Waals surface area contributed by atoms with Crippen LogP contribution in [0.15, 0.2) is 48.8 Å². The van der Waals surface area contributed by atoms with Crippen molar-refractivity contribution in [3.8, 4) is 16.9 Å². The molecule has 0 saturated heterocycles. The molecule has 5 rings (SSSR count). The molecule has 0 aliphatic carbocycles. The number of anilines is 2. The number of tetrazole rings is 1. The molecule has 3 heterocycles. The summed E-state index contributed by atoms with van der Waals surface area (Å²) >= 11 is 6.21. The number of methoxy groups -OCH3 is 1. The summed E-state index contributed by atoms with van der Waals surface area (Å²) in [6, 6.07) is 10.6. The number of carbonyl (C=O) groups excluding carboxylic acids is 2. The number of aromatic nitrogens is 6. The van der Waals surface area contributed by atoms with E-state index in [0.29, 0.717) is 27.8 Å². The van der Waals surface area contributed by atoms with Crippen LogP contribution in [0.4, 0.5) is 16.2 Å². The minimum absolute atomic E-state index is 0.263. The molecule has 4 N–H and O–H groups in total. The van der Waals surface area contributed by atoms with Crippen molar-refractivity contribution in [2.45, 2.75) is 31.7 Å². The van der Waals surface area contributed by atoms with E-state index in [4.69, 9.17) is 21.3 Å². The van der Waals surface area contributed by atoms with Crippen molar-refractivity contribution in [1.82, 2.24) is 35.5 Å². The molecule has 0 saturated carbocycles. The smallest absolute Gasteiger partial charge is 0.411 e. The maximum atomic E-state index is 13.1. The molecule has 0 spiro atoms. The minimum Gasteiger partial charge on any atom is -0.453 e. The van der Waals surface area contributed by atoms with Crippen LogP contribution < -0.4 is 21.5 Å². The van der Waals surface area contributed by atoms with Gasteiger partial charge in [0.1, 0.15) is 12.2 Å². The maximum Gasteiger partial charge on any atom is 0.411 e. The highest BCUT2D eigenvalue weighted by Gasteiger charge is 2.21. The van der Waals surface area contributed by atoms with Gasteiger partial charge >= 0.3 is 6.09 Å². The number of hydrogen-bond acceptors (Lipinski definition) is 8. The number of carbonyl (C=O) groups is 2. The second-order valence-corrected chi connectivity index (χ2v) is 10.0. The molecule has 2 amide bonds. The number of H-pyrrole nitrogens is 1. The lowest BCUT2D eigenvalue weighted by Crippen LogP contribution is -2.28. The zero-order valence-corrected chi connectivity index (χ0v) is 23.4. The normalized spacial score (nSPS) is 15.2. The van der Waals surface area contributed by atoms with Crippen LogP contribution >= 0.6 is 11.6 Å². The Balaban J connectivity index is 1.39. The fourth-order valence-corrected chi connectivity index (χ4v) is 4.91. The number of benzene rings is 2. The van der Waals surface area contributed by atoms with Crippen LogP contribution in [-0.4, -0.2) is 63.7 Å². The van der Waals surface area contributed by atoms with Gasteiger partial charge in [0.15, 0.2) is 7.85 Å². The number of hydrogen-bond donors (Lipinski definition) is 4. The SMILES string of the molecule is Bc1[nH]c2nc1-c1ccc(NC(=O)OC)cc1NCCCCC[C@@H]2NC(=O)/C=C/c1cc(Cl)ccc1-n1cnnn1. The van der Waals surface area contributed by atoms with Crippen LogP contribution in [-0.2, 0) is 9.53 Å². The van der Waals surface area contributed by atoms with Gasteiger partial charge in [-0.25, -0.2) is 9.78 Å². The van der Waals surface area contributed by atoms with Crippen LogP contribution in [0.25, 0.3) is 23.0 Å². The molecule has 41 heavy (non-hydrogen) atoms. The quantitative estimate of drug-likeness (QED) is 0.210. The summed E-state index contributed by atoms with van der Waals surface area (Å²) in [5.74, 6) is 0.417. The first-order valence-corrected chi connectivity index (χ1v) is 13.6. The van der Waals surface area contributed by atoms with Gasteiger partial charge in [-0.2, -0.15) is 4.68 Å². The second-order valence-electron chi connectivity index (χ2n) is 9.60. The van der Waals surface area contributed by atoms with E-state index in [-0.39, 0.29) is 11.9 Å². The average Bonchev–Trinajstić information content (AvgIpc) is 3.63. The van der Waals surface area contributed by atoms with E-state index in [2.05, 4.69) is 36.5 Å². The monoisotopic (exact) mass is 573 g/mol. The number of halogens is 1. The predicted octanol–water partition coefficient (Wildman–Crippen LogP) is 3.00. The number of aromatic amines is 1. The van der Waals surface area contributed by atoms with Crippen molar-refractivity contribution in [1.29, 1.82) is 0 Å². The molecule has 1 atom stereocenters. The topological polar surface area (TPSA) is 152 Å². The number of ether oxygens (including phenoxy) is 1. The van der Waals surface area contributed by atoms with Gasteiger partial charge in [0.2, 0.25) is 5.91 Å². The highest BCUT2D eigenvalue weighted by Crippen LogP contribution is 2.31. The Morgan fingerprint density at radius 1 is 1.20 bits per heavy atom. The maximum absolute atomic E-state index is 13.1. The van der Waals surface area contributed by atoms with Crippen LogP contribution in [0.5, 0.6) is 0 Å². The van der Waals surface area contributed by atoms with Gasteiger partial charge < -0.3 is 20.4 Å². The second kappa shape index (κ2) is 12.7. The lowest BCUT2D eigenvalue weighted by molar-refractivity contribution is -0.117. The molecular formula is C27H29BClN9O3. The van der Waals surface area contributed by atoms with Crippen molar-refractivity contribution in [3.05, 3.63) is 65.2 Å². The molecule has 2 aromatic heterocycles. The Morgan fingerprint density at radius 2 is 2.07 bits per heavy atom. The molecule has 14 heteroatoms. The molecule has 0 unspecified atom stereocenters. The first-order valence-electron chi connectivity index (χ1n) is 13.2. The third-order valence-corrected chi connectivity index (χ3v) is 6.98. The van der Waals surface area contributed by atoms with E-state index >= 15 is 0 Å². The number of amides is 2. The van der Waals surface area contributed by atoms with Crippen molar-refractivity contribution < 1.29 is 14.3 Å². The van der Waals surface area contributed by atoms with Gasteiger partial charge in [0.25, 0.3) is 0 Å². The van der Waals surface area contributed by atoms with Crippen LogP contribution in [0.2, 0.25) is 5.02 Å². The summed E-state index contributed by atoms with van der Waals surface area (Å²) in [6.07, 6.45) is 7.65. The molecule has 2 bridgehead atoms. The third kappa shape index (κ3) is 6.75. The van der Waals surface area contributed by atoms with Gasteiger partial charge in [-0.3, -0.25) is 10.1 Å².